The van der Waals surface area contributed by atoms with Gasteiger partial charge >= 0.3 is 0 Å². The van der Waals surface area contributed by atoms with Crippen molar-refractivity contribution in [3.8, 4) is 23.0 Å². The first-order valence-electron chi connectivity index (χ1n) is 9.63. The third-order valence-electron chi connectivity index (χ3n) is 4.53. The van der Waals surface area contributed by atoms with Crippen molar-refractivity contribution in [2.75, 3.05) is 13.4 Å². The summed E-state index contributed by atoms with van der Waals surface area (Å²) in [7, 11) is 0. The van der Waals surface area contributed by atoms with Crippen LogP contribution >= 0.6 is 0 Å². The highest BCUT2D eigenvalue weighted by molar-refractivity contribution is 5.56. The maximum absolute atomic E-state index is 10.6. The molecule has 0 radical (unpaired) electrons. The van der Waals surface area contributed by atoms with Gasteiger partial charge in [-0.05, 0) is 30.2 Å². The van der Waals surface area contributed by atoms with Crippen LogP contribution in [0.25, 0.3) is 0 Å². The van der Waals surface area contributed by atoms with E-state index in [1.54, 1.807) is 13.0 Å². The molecule has 2 aliphatic rings. The summed E-state index contributed by atoms with van der Waals surface area (Å²) in [4.78, 5) is 0. The van der Waals surface area contributed by atoms with Crippen molar-refractivity contribution in [1.29, 1.82) is 0 Å². The zero-order chi connectivity index (χ0) is 19.4. The van der Waals surface area contributed by atoms with Crippen molar-refractivity contribution in [2.24, 2.45) is 0 Å². The van der Waals surface area contributed by atoms with E-state index in [0.717, 1.165) is 23.3 Å². The molecule has 146 valence electrons. The van der Waals surface area contributed by atoms with Crippen LogP contribution in [0.4, 0.5) is 0 Å². The second kappa shape index (κ2) is 8.09. The van der Waals surface area contributed by atoms with E-state index in [4.69, 9.17) is 18.9 Å². The van der Waals surface area contributed by atoms with Gasteiger partial charge in [0.2, 0.25) is 12.6 Å². The second-order valence-electron chi connectivity index (χ2n) is 6.70. The highest BCUT2D eigenvalue weighted by atomic mass is 16.7. The molecule has 5 heteroatoms. The lowest BCUT2D eigenvalue weighted by atomic mass is 9.83. The predicted octanol–water partition coefficient (Wildman–Crippen LogP) is 4.85. The lowest BCUT2D eigenvalue weighted by molar-refractivity contribution is -0.137. The average molecular weight is 372 g/mol. The molecule has 0 amide bonds. The predicted molar refractivity (Wildman–Crippen MR) is 104 cm³/mol. The maximum atomic E-state index is 10.6. The van der Waals surface area contributed by atoms with Gasteiger partial charge in [-0.15, -0.1) is 0 Å². The van der Waals surface area contributed by atoms with E-state index in [1.165, 1.54) is 0 Å². The van der Waals surface area contributed by atoms with Gasteiger partial charge in [-0.2, -0.15) is 0 Å². The normalized spacial score (nSPS) is 22.2. The number of aliphatic hydroxyl groups is 1. The minimum atomic E-state index is -1.24. The van der Waals surface area contributed by atoms with Gasteiger partial charge in [-0.1, -0.05) is 32.9 Å². The first kappa shape index (κ1) is 19.4. The summed E-state index contributed by atoms with van der Waals surface area (Å²) in [5.74, 6) is 1.57. The van der Waals surface area contributed by atoms with Crippen LogP contribution in [0.1, 0.15) is 57.6 Å². The number of fused-ring (bicyclic) bond motifs is 2. The molecule has 4 rings (SSSR count). The first-order chi connectivity index (χ1) is 13.1. The molecule has 2 aromatic rings. The van der Waals surface area contributed by atoms with Gasteiger partial charge in [0.1, 0.15) is 11.5 Å². The van der Waals surface area contributed by atoms with Crippen molar-refractivity contribution in [1.82, 2.24) is 0 Å². The summed E-state index contributed by atoms with van der Waals surface area (Å²) in [6.07, 6.45) is 1.42. The van der Waals surface area contributed by atoms with Crippen LogP contribution in [0.2, 0.25) is 0 Å². The van der Waals surface area contributed by atoms with Crippen LogP contribution < -0.4 is 18.9 Å². The Morgan fingerprint density at radius 2 is 1.85 bits per heavy atom. The molecule has 2 aromatic carbocycles. The Morgan fingerprint density at radius 3 is 2.59 bits per heavy atom. The van der Waals surface area contributed by atoms with Gasteiger partial charge in [-0.25, -0.2) is 0 Å². The molecule has 2 heterocycles. The second-order valence-corrected chi connectivity index (χ2v) is 6.70. The van der Waals surface area contributed by atoms with Crippen LogP contribution in [-0.2, 0) is 0 Å². The van der Waals surface area contributed by atoms with Gasteiger partial charge in [0, 0.05) is 30.9 Å². The van der Waals surface area contributed by atoms with E-state index >= 15 is 0 Å². The van der Waals surface area contributed by atoms with E-state index in [1.807, 2.05) is 38.1 Å². The summed E-state index contributed by atoms with van der Waals surface area (Å²) in [5.41, 5.74) is 2.07. The fourth-order valence-corrected chi connectivity index (χ4v) is 3.41. The standard InChI is InChI=1S/C20H22O5.C2H6/c1-3-7-22-14-6-4-5-13(8-14)16-11-20(2,21)25-17-10-19-18(9-15(16)17)23-12-24-19;1-2/h4-6,8-10,16,21H,3,7,11-12H2,1-2H3;1-2H3. The minimum Gasteiger partial charge on any atom is -0.494 e. The SMILES string of the molecule is CC.CCCOc1cccc(C2CC(C)(O)Oc3cc4c(cc32)OCO4)c1. The molecule has 2 unspecified atom stereocenters. The Balaban J connectivity index is 0.00000102. The summed E-state index contributed by atoms with van der Waals surface area (Å²) < 4.78 is 22.5. The van der Waals surface area contributed by atoms with Crippen molar-refractivity contribution in [2.45, 2.75) is 52.2 Å². The zero-order valence-corrected chi connectivity index (χ0v) is 16.5. The molecule has 0 saturated heterocycles. The molecule has 27 heavy (non-hydrogen) atoms. The number of rotatable bonds is 4. The molecule has 0 spiro atoms. The summed E-state index contributed by atoms with van der Waals surface area (Å²) >= 11 is 0. The molecule has 2 aliphatic heterocycles. The Hall–Kier alpha value is -2.40. The molecule has 2 atom stereocenters. The van der Waals surface area contributed by atoms with E-state index in [-0.39, 0.29) is 12.7 Å². The highest BCUT2D eigenvalue weighted by Gasteiger charge is 2.38. The Morgan fingerprint density at radius 1 is 1.11 bits per heavy atom. The third-order valence-corrected chi connectivity index (χ3v) is 4.53. The fraction of sp³-hybridized carbons (Fsp3) is 0.455. The summed E-state index contributed by atoms with van der Waals surface area (Å²) in [5, 5.41) is 10.6. The molecule has 1 N–H and O–H groups in total. The summed E-state index contributed by atoms with van der Waals surface area (Å²) in [6.45, 7) is 8.66. The molecule has 0 aliphatic carbocycles. The van der Waals surface area contributed by atoms with Gasteiger partial charge in [0.05, 0.1) is 6.61 Å². The monoisotopic (exact) mass is 372 g/mol. The van der Waals surface area contributed by atoms with Gasteiger partial charge in [0.15, 0.2) is 11.5 Å². The number of ether oxygens (including phenoxy) is 4. The van der Waals surface area contributed by atoms with E-state index in [9.17, 15) is 5.11 Å². The van der Waals surface area contributed by atoms with Crippen LogP contribution in [0.15, 0.2) is 36.4 Å². The Kier molecular flexibility index (Phi) is 5.80. The van der Waals surface area contributed by atoms with E-state index in [0.29, 0.717) is 30.3 Å². The number of benzene rings is 2. The fourth-order valence-electron chi connectivity index (χ4n) is 3.41. The minimum absolute atomic E-state index is 0.0153. The molecule has 0 aromatic heterocycles. The van der Waals surface area contributed by atoms with Gasteiger partial charge in [0.25, 0.3) is 0 Å². The topological polar surface area (TPSA) is 57.2 Å². The van der Waals surface area contributed by atoms with Gasteiger partial charge < -0.3 is 24.1 Å². The lowest BCUT2D eigenvalue weighted by Gasteiger charge is -2.36. The van der Waals surface area contributed by atoms with Crippen LogP contribution in [0.5, 0.6) is 23.0 Å². The maximum Gasteiger partial charge on any atom is 0.231 e. The summed E-state index contributed by atoms with van der Waals surface area (Å²) in [6, 6.07) is 11.8. The van der Waals surface area contributed by atoms with Crippen LogP contribution in [-0.4, -0.2) is 24.3 Å². The lowest BCUT2D eigenvalue weighted by Crippen LogP contribution is -2.38. The first-order valence-corrected chi connectivity index (χ1v) is 9.63. The van der Waals surface area contributed by atoms with Crippen LogP contribution in [0.3, 0.4) is 0 Å². The molecular weight excluding hydrogens is 344 g/mol. The molecule has 0 saturated carbocycles. The Labute approximate surface area is 160 Å². The van der Waals surface area contributed by atoms with Crippen molar-refractivity contribution in [3.63, 3.8) is 0 Å². The Bertz CT molecular complexity index is 784. The molecule has 0 bridgehead atoms. The largest absolute Gasteiger partial charge is 0.494 e. The number of hydrogen-bond acceptors (Lipinski definition) is 5. The van der Waals surface area contributed by atoms with E-state index < -0.39 is 5.79 Å². The molecule has 0 fully saturated rings. The highest BCUT2D eigenvalue weighted by Crippen LogP contribution is 2.49. The van der Waals surface area contributed by atoms with Crippen molar-refractivity contribution < 1.29 is 24.1 Å². The number of hydrogen-bond donors (Lipinski definition) is 1. The quantitative estimate of drug-likeness (QED) is 0.831. The van der Waals surface area contributed by atoms with Gasteiger partial charge in [-0.3, -0.25) is 0 Å². The van der Waals surface area contributed by atoms with E-state index in [2.05, 4.69) is 13.0 Å². The van der Waals surface area contributed by atoms with Crippen LogP contribution in [0, 0.1) is 0 Å². The average Bonchev–Trinajstić information content (AvgIpc) is 3.12. The smallest absolute Gasteiger partial charge is 0.231 e. The molecule has 5 nitrogen and oxygen atoms in total. The third kappa shape index (κ3) is 4.14. The van der Waals surface area contributed by atoms with Crippen molar-refractivity contribution in [3.05, 3.63) is 47.5 Å². The zero-order valence-electron chi connectivity index (χ0n) is 16.5. The molecular formula is C22H28O5. The van der Waals surface area contributed by atoms with Crippen molar-refractivity contribution >= 4 is 0 Å².